The van der Waals surface area contributed by atoms with E-state index in [-0.39, 0.29) is 29.4 Å². The van der Waals surface area contributed by atoms with Crippen molar-refractivity contribution in [1.29, 1.82) is 0 Å². The minimum atomic E-state index is -1.05. The predicted octanol–water partition coefficient (Wildman–Crippen LogP) is 2.09. The molecule has 1 amide bonds. The van der Waals surface area contributed by atoms with Crippen LogP contribution in [0.3, 0.4) is 0 Å². The molecule has 0 spiro atoms. The minimum absolute atomic E-state index is 0. The second-order valence-corrected chi connectivity index (χ2v) is 5.71. The highest BCUT2D eigenvalue weighted by atomic mass is 35.5. The molecule has 0 aromatic rings. The van der Waals surface area contributed by atoms with E-state index in [0.29, 0.717) is 11.3 Å². The Bertz CT molecular complexity index is 524. The van der Waals surface area contributed by atoms with Crippen LogP contribution in [0.5, 0.6) is 0 Å². The quantitative estimate of drug-likeness (QED) is 0.639. The average Bonchev–Trinajstić information content (AvgIpc) is 2.35. The molecule has 5 nitrogen and oxygen atoms in total. The summed E-state index contributed by atoms with van der Waals surface area (Å²) < 4.78 is 0. The summed E-state index contributed by atoms with van der Waals surface area (Å²) in [6, 6.07) is -0.434. The number of carbonyl (C=O) groups excluding carboxylic acids is 1. The van der Waals surface area contributed by atoms with Crippen LogP contribution in [0, 0.1) is 0 Å². The molecule has 0 aromatic heterocycles. The summed E-state index contributed by atoms with van der Waals surface area (Å²) in [5.41, 5.74) is 1.62. The number of allylic oxidation sites excluding steroid dienone is 2. The molecule has 2 heterocycles. The van der Waals surface area contributed by atoms with E-state index in [0.717, 1.165) is 5.71 Å². The molecule has 7 heteroatoms. The molecule has 0 bridgehead atoms. The van der Waals surface area contributed by atoms with E-state index < -0.39 is 12.0 Å². The smallest absolute Gasteiger partial charge is 0.352 e. The van der Waals surface area contributed by atoms with Gasteiger partial charge in [0.15, 0.2) is 6.04 Å². The van der Waals surface area contributed by atoms with Crippen molar-refractivity contribution in [1.82, 2.24) is 4.90 Å². The van der Waals surface area contributed by atoms with Crippen molar-refractivity contribution < 1.29 is 14.7 Å². The number of fused-ring (bicyclic) bond motifs is 1. The van der Waals surface area contributed by atoms with Crippen molar-refractivity contribution in [2.24, 2.45) is 4.99 Å². The van der Waals surface area contributed by atoms with Gasteiger partial charge in [0.2, 0.25) is 0 Å². The zero-order chi connectivity index (χ0) is 14.2. The van der Waals surface area contributed by atoms with Gasteiger partial charge in [0.1, 0.15) is 11.1 Å². The van der Waals surface area contributed by atoms with Gasteiger partial charge in [-0.3, -0.25) is 14.7 Å². The Balaban J connectivity index is 0.00000200. The fraction of sp³-hybridized carbons (Fsp3) is 0.462. The Morgan fingerprint density at radius 2 is 2.15 bits per heavy atom. The fourth-order valence-electron chi connectivity index (χ4n) is 2.22. The number of rotatable bonds is 3. The number of carbonyl (C=O) groups is 2. The molecule has 0 saturated carbocycles. The van der Waals surface area contributed by atoms with Gasteiger partial charge in [0, 0.05) is 11.5 Å². The Hall–Kier alpha value is -1.27. The topological polar surface area (TPSA) is 70.0 Å². The highest BCUT2D eigenvalue weighted by Crippen LogP contribution is 2.41. The van der Waals surface area contributed by atoms with Crippen LogP contribution in [-0.4, -0.2) is 44.8 Å². The molecule has 1 N–H and O–H groups in total. The monoisotopic (exact) mass is 316 g/mol. The summed E-state index contributed by atoms with van der Waals surface area (Å²) in [7, 11) is 0. The van der Waals surface area contributed by atoms with Gasteiger partial charge in [-0.15, -0.1) is 24.2 Å². The fourth-order valence-corrected chi connectivity index (χ4v) is 3.52. The lowest BCUT2D eigenvalue weighted by Gasteiger charge is -2.47. The number of halogens is 1. The van der Waals surface area contributed by atoms with Gasteiger partial charge in [-0.05, 0) is 26.3 Å². The summed E-state index contributed by atoms with van der Waals surface area (Å²) in [6.45, 7) is 5.50. The minimum Gasteiger partial charge on any atom is -0.477 e. The molecule has 2 aliphatic rings. The van der Waals surface area contributed by atoms with Gasteiger partial charge in [-0.1, -0.05) is 12.2 Å². The highest BCUT2D eigenvalue weighted by Gasteiger charge is 2.53. The molecule has 2 aliphatic heterocycles. The van der Waals surface area contributed by atoms with Crippen molar-refractivity contribution >= 4 is 41.8 Å². The summed E-state index contributed by atoms with van der Waals surface area (Å²) in [5.74, 6) is -0.685. The maximum atomic E-state index is 12.1. The first-order chi connectivity index (χ1) is 8.97. The molecule has 0 radical (unpaired) electrons. The number of aliphatic imine (C=N–C) groups is 1. The first-order valence-electron chi connectivity index (χ1n) is 6.02. The lowest BCUT2D eigenvalue weighted by atomic mass is 10.0. The number of carboxylic acids is 1. The summed E-state index contributed by atoms with van der Waals surface area (Å²) in [6.07, 6.45) is 3.54. The van der Waals surface area contributed by atoms with Gasteiger partial charge < -0.3 is 5.11 Å². The molecule has 20 heavy (non-hydrogen) atoms. The number of β-lactam (4-membered cyclic amide) rings is 1. The maximum absolute atomic E-state index is 12.1. The van der Waals surface area contributed by atoms with Crippen LogP contribution < -0.4 is 0 Å². The Kier molecular flexibility index (Phi) is 5.42. The standard InChI is InChI=1S/C13H16N2O3S.ClH/c1-4-5-8-6-19-12-9(14-7(2)3)11(16)15(12)10(8)13(17)18;/h4-5,9,12H,6H2,1-3H3,(H,17,18);1H/b5-4-;/t9?,12-;/m1./s1. The van der Waals surface area contributed by atoms with E-state index in [1.165, 1.54) is 4.90 Å². The predicted molar refractivity (Wildman–Crippen MR) is 82.4 cm³/mol. The first-order valence-corrected chi connectivity index (χ1v) is 7.07. The van der Waals surface area contributed by atoms with Crippen molar-refractivity contribution in [2.45, 2.75) is 32.2 Å². The van der Waals surface area contributed by atoms with Crippen LogP contribution in [0.15, 0.2) is 28.4 Å². The summed E-state index contributed by atoms with van der Waals surface area (Å²) in [4.78, 5) is 29.1. The second-order valence-electron chi connectivity index (χ2n) is 4.61. The molecule has 1 fully saturated rings. The molecule has 2 rings (SSSR count). The number of amides is 1. The number of carboxylic acid groups (broad SMARTS) is 1. The van der Waals surface area contributed by atoms with E-state index in [2.05, 4.69) is 4.99 Å². The van der Waals surface area contributed by atoms with E-state index in [1.54, 1.807) is 23.9 Å². The van der Waals surface area contributed by atoms with Crippen molar-refractivity contribution in [2.75, 3.05) is 5.75 Å². The zero-order valence-electron chi connectivity index (χ0n) is 11.5. The first kappa shape index (κ1) is 16.8. The Labute approximate surface area is 128 Å². The summed E-state index contributed by atoms with van der Waals surface area (Å²) in [5, 5.41) is 9.13. The van der Waals surface area contributed by atoms with Gasteiger partial charge >= 0.3 is 5.97 Å². The number of aliphatic carboxylic acids is 1. The van der Waals surface area contributed by atoms with E-state index in [9.17, 15) is 14.7 Å². The lowest BCUT2D eigenvalue weighted by Crippen LogP contribution is -2.64. The molecule has 0 aromatic carbocycles. The zero-order valence-corrected chi connectivity index (χ0v) is 13.1. The molecular weight excluding hydrogens is 300 g/mol. The van der Waals surface area contributed by atoms with Crippen LogP contribution in [0.4, 0.5) is 0 Å². The second kappa shape index (κ2) is 6.45. The van der Waals surface area contributed by atoms with Crippen molar-refractivity contribution in [3.05, 3.63) is 23.4 Å². The largest absolute Gasteiger partial charge is 0.477 e. The Morgan fingerprint density at radius 3 is 2.65 bits per heavy atom. The van der Waals surface area contributed by atoms with Crippen LogP contribution in [0.2, 0.25) is 0 Å². The highest BCUT2D eigenvalue weighted by molar-refractivity contribution is 8.00. The molecule has 1 saturated heterocycles. The normalized spacial score (nSPS) is 24.9. The number of nitrogens with zero attached hydrogens (tertiary/aromatic N) is 2. The SMILES string of the molecule is C/C=C\C1=C(C(=O)O)N2C(=O)C(N=C(C)C)[C@H]2SC1.Cl. The molecular formula is C13H17ClN2O3S. The van der Waals surface area contributed by atoms with E-state index >= 15 is 0 Å². The van der Waals surface area contributed by atoms with Crippen molar-refractivity contribution in [3.8, 4) is 0 Å². The number of hydrogen-bond donors (Lipinski definition) is 1. The maximum Gasteiger partial charge on any atom is 0.352 e. The molecule has 2 atom stereocenters. The molecule has 1 unspecified atom stereocenters. The van der Waals surface area contributed by atoms with Crippen LogP contribution >= 0.6 is 24.2 Å². The third-order valence-electron chi connectivity index (χ3n) is 2.94. The Morgan fingerprint density at radius 1 is 1.50 bits per heavy atom. The van der Waals surface area contributed by atoms with Crippen LogP contribution in [0.1, 0.15) is 20.8 Å². The van der Waals surface area contributed by atoms with Crippen molar-refractivity contribution in [3.63, 3.8) is 0 Å². The van der Waals surface area contributed by atoms with E-state index in [1.807, 2.05) is 20.8 Å². The summed E-state index contributed by atoms with van der Waals surface area (Å²) >= 11 is 1.56. The number of thioether (sulfide) groups is 1. The lowest BCUT2D eigenvalue weighted by molar-refractivity contribution is -0.147. The average molecular weight is 317 g/mol. The third kappa shape index (κ3) is 2.76. The molecule has 110 valence electrons. The van der Waals surface area contributed by atoms with Gasteiger partial charge in [0.25, 0.3) is 5.91 Å². The van der Waals surface area contributed by atoms with Crippen LogP contribution in [-0.2, 0) is 9.59 Å². The van der Waals surface area contributed by atoms with Gasteiger partial charge in [0.05, 0.1) is 0 Å². The van der Waals surface area contributed by atoms with Gasteiger partial charge in [-0.2, -0.15) is 0 Å². The van der Waals surface area contributed by atoms with E-state index in [4.69, 9.17) is 0 Å². The van der Waals surface area contributed by atoms with Gasteiger partial charge in [-0.25, -0.2) is 4.79 Å². The van der Waals surface area contributed by atoms with Crippen LogP contribution in [0.25, 0.3) is 0 Å². The number of hydrogen-bond acceptors (Lipinski definition) is 4. The molecule has 0 aliphatic carbocycles. The third-order valence-corrected chi connectivity index (χ3v) is 4.23.